The molecular formula is C20H13N3O. The molecule has 0 N–H and O–H groups in total. The predicted molar refractivity (Wildman–Crippen MR) is 92.4 cm³/mol. The van der Waals surface area contributed by atoms with E-state index < -0.39 is 0 Å². The molecule has 4 nitrogen and oxygen atoms in total. The average molecular weight is 311 g/mol. The molecule has 1 aliphatic rings. The number of para-hydroxylation sites is 2. The highest BCUT2D eigenvalue weighted by atomic mass is 16.3. The van der Waals surface area contributed by atoms with E-state index in [1.807, 2.05) is 36.4 Å². The van der Waals surface area contributed by atoms with Gasteiger partial charge in [0.1, 0.15) is 11.2 Å². The molecule has 0 atom stereocenters. The minimum Gasteiger partial charge on any atom is -0.858 e. The lowest BCUT2D eigenvalue weighted by molar-refractivity contribution is -0.644. The summed E-state index contributed by atoms with van der Waals surface area (Å²) in [6, 6.07) is 20.2. The topological polar surface area (TPSA) is 52.2 Å². The monoisotopic (exact) mass is 311 g/mol. The van der Waals surface area contributed by atoms with Gasteiger partial charge in [-0.25, -0.2) is 4.98 Å². The summed E-state index contributed by atoms with van der Waals surface area (Å²) in [5.41, 5.74) is 5.58. The van der Waals surface area contributed by atoms with Crippen LogP contribution in [0.2, 0.25) is 0 Å². The Kier molecular flexibility index (Phi) is 2.54. The first-order chi connectivity index (χ1) is 11.7. The van der Waals surface area contributed by atoms with E-state index in [9.17, 15) is 5.11 Å². The van der Waals surface area contributed by atoms with Gasteiger partial charge in [0, 0.05) is 22.9 Å². The lowest BCUT2D eigenvalue weighted by Crippen LogP contribution is -2.36. The van der Waals surface area contributed by atoms with Gasteiger partial charge in [0.05, 0.1) is 5.56 Å². The van der Waals surface area contributed by atoms with Crippen molar-refractivity contribution in [2.45, 2.75) is 6.92 Å². The summed E-state index contributed by atoms with van der Waals surface area (Å²) in [5, 5.41) is 18.4. The van der Waals surface area contributed by atoms with Crippen LogP contribution in [0.5, 0.6) is 0 Å². The van der Waals surface area contributed by atoms with Gasteiger partial charge >= 0.3 is 0 Å². The molecule has 1 aromatic heterocycles. The van der Waals surface area contributed by atoms with Gasteiger partial charge in [0.25, 0.3) is 11.2 Å². The third-order valence-electron chi connectivity index (χ3n) is 4.43. The first-order valence-corrected chi connectivity index (χ1v) is 7.84. The quantitative estimate of drug-likeness (QED) is 0.271. The first kappa shape index (κ1) is 13.2. The van der Waals surface area contributed by atoms with E-state index in [-0.39, 0.29) is 5.90 Å². The van der Waals surface area contributed by atoms with Crippen LogP contribution in [0.25, 0.3) is 44.3 Å². The molecule has 24 heavy (non-hydrogen) atoms. The molecule has 5 rings (SSSR count). The number of fused-ring (bicyclic) bond motifs is 4. The van der Waals surface area contributed by atoms with Crippen molar-refractivity contribution in [1.82, 2.24) is 4.98 Å². The minimum absolute atomic E-state index is 0.235. The number of rotatable bonds is 1. The van der Waals surface area contributed by atoms with E-state index in [1.165, 1.54) is 17.7 Å². The van der Waals surface area contributed by atoms with E-state index in [2.05, 4.69) is 29.4 Å². The van der Waals surface area contributed by atoms with Crippen LogP contribution < -0.4 is 9.78 Å². The smallest absolute Gasteiger partial charge is 0.272 e. The maximum atomic E-state index is 11.8. The molecule has 114 valence electrons. The standard InChI is InChI=1S/C20H13N3O/c1-12(24)22-23-17-11-3-2-10-16(17)21-19-14-8-4-6-13-7-5-9-15(18(13)14)20(19)23/h2-11H,1H3. The second-order valence-electron chi connectivity index (χ2n) is 5.94. The van der Waals surface area contributed by atoms with E-state index in [1.54, 1.807) is 4.68 Å². The zero-order chi connectivity index (χ0) is 16.3. The van der Waals surface area contributed by atoms with Crippen molar-refractivity contribution in [2.75, 3.05) is 0 Å². The third kappa shape index (κ3) is 1.65. The number of aromatic nitrogens is 2. The molecule has 0 radical (unpaired) electrons. The lowest BCUT2D eigenvalue weighted by Gasteiger charge is -2.04. The molecule has 3 aromatic carbocycles. The Hall–Kier alpha value is -3.27. The van der Waals surface area contributed by atoms with Crippen molar-refractivity contribution in [3.8, 4) is 22.5 Å². The third-order valence-corrected chi connectivity index (χ3v) is 4.43. The SMILES string of the molecule is C/C([O-])=N/[n+]1c2c(nc3ccccc31)-c1cccc3cccc-2c13. The van der Waals surface area contributed by atoms with E-state index in [0.29, 0.717) is 0 Å². The average Bonchev–Trinajstić information content (AvgIpc) is 2.91. The Morgan fingerprint density at radius 2 is 1.71 bits per heavy atom. The zero-order valence-corrected chi connectivity index (χ0v) is 13.0. The van der Waals surface area contributed by atoms with Crippen LogP contribution in [0.1, 0.15) is 6.92 Å². The van der Waals surface area contributed by atoms with Crippen LogP contribution in [0.3, 0.4) is 0 Å². The van der Waals surface area contributed by atoms with Crippen LogP contribution in [0.4, 0.5) is 0 Å². The Labute approximate surface area is 138 Å². The van der Waals surface area contributed by atoms with Gasteiger partial charge in [0.2, 0.25) is 0 Å². The second kappa shape index (κ2) is 4.61. The van der Waals surface area contributed by atoms with E-state index in [4.69, 9.17) is 4.98 Å². The fraction of sp³-hybridized carbons (Fsp3) is 0.0500. The van der Waals surface area contributed by atoms with Crippen molar-refractivity contribution in [2.24, 2.45) is 5.10 Å². The summed E-state index contributed by atoms with van der Waals surface area (Å²) >= 11 is 0. The Balaban J connectivity index is 2.04. The molecule has 0 unspecified atom stereocenters. The molecule has 0 saturated heterocycles. The van der Waals surface area contributed by atoms with Gasteiger partial charge < -0.3 is 5.11 Å². The minimum atomic E-state index is -0.235. The summed E-state index contributed by atoms with van der Waals surface area (Å²) in [6.07, 6.45) is 0. The predicted octanol–water partition coefficient (Wildman–Crippen LogP) is 2.86. The number of hydrogen-bond donors (Lipinski definition) is 0. The number of benzene rings is 3. The molecule has 0 spiro atoms. The molecule has 0 amide bonds. The van der Waals surface area contributed by atoms with Crippen molar-refractivity contribution in [3.63, 3.8) is 0 Å². The largest absolute Gasteiger partial charge is 0.858 e. The van der Waals surface area contributed by atoms with Gasteiger partial charge in [-0.1, -0.05) is 42.5 Å². The zero-order valence-electron chi connectivity index (χ0n) is 13.0. The number of hydrogen-bond acceptors (Lipinski definition) is 3. The molecule has 0 aliphatic heterocycles. The van der Waals surface area contributed by atoms with Crippen LogP contribution in [0.15, 0.2) is 65.8 Å². The van der Waals surface area contributed by atoms with Gasteiger partial charge in [0.15, 0.2) is 0 Å². The molecule has 4 heteroatoms. The van der Waals surface area contributed by atoms with Crippen molar-refractivity contribution in [3.05, 3.63) is 60.7 Å². The fourth-order valence-corrected chi connectivity index (χ4v) is 3.54. The molecule has 0 saturated carbocycles. The van der Waals surface area contributed by atoms with Crippen LogP contribution in [0, 0.1) is 0 Å². The number of nitrogens with zero attached hydrogens (tertiary/aromatic N) is 3. The van der Waals surface area contributed by atoms with Gasteiger partial charge in [-0.15, -0.1) is 0 Å². The summed E-state index contributed by atoms with van der Waals surface area (Å²) < 4.78 is 1.74. The maximum absolute atomic E-state index is 11.8. The normalized spacial score (nSPS) is 12.8. The highest BCUT2D eigenvalue weighted by Gasteiger charge is 2.33. The molecule has 0 bridgehead atoms. The summed E-state index contributed by atoms with van der Waals surface area (Å²) in [7, 11) is 0. The van der Waals surface area contributed by atoms with E-state index in [0.717, 1.165) is 33.5 Å². The molecule has 1 aliphatic carbocycles. The van der Waals surface area contributed by atoms with Crippen molar-refractivity contribution < 1.29 is 9.78 Å². The van der Waals surface area contributed by atoms with E-state index >= 15 is 0 Å². The molecule has 1 heterocycles. The van der Waals surface area contributed by atoms with Gasteiger partial charge in [-0.05, 0) is 34.2 Å². The summed E-state index contributed by atoms with van der Waals surface area (Å²) in [6.45, 7) is 1.47. The summed E-state index contributed by atoms with van der Waals surface area (Å²) in [5.74, 6) is -0.235. The van der Waals surface area contributed by atoms with Crippen molar-refractivity contribution in [1.29, 1.82) is 0 Å². The Morgan fingerprint density at radius 1 is 0.958 bits per heavy atom. The van der Waals surface area contributed by atoms with Crippen LogP contribution >= 0.6 is 0 Å². The van der Waals surface area contributed by atoms with Crippen LogP contribution in [-0.4, -0.2) is 10.9 Å². The van der Waals surface area contributed by atoms with Crippen LogP contribution in [-0.2, 0) is 0 Å². The van der Waals surface area contributed by atoms with Gasteiger partial charge in [-0.3, -0.25) is 0 Å². The molecule has 0 fully saturated rings. The molecular weight excluding hydrogens is 298 g/mol. The first-order valence-electron chi connectivity index (χ1n) is 7.84. The second-order valence-corrected chi connectivity index (χ2v) is 5.94. The highest BCUT2D eigenvalue weighted by Crippen LogP contribution is 2.44. The Morgan fingerprint density at radius 3 is 2.50 bits per heavy atom. The summed E-state index contributed by atoms with van der Waals surface area (Å²) in [4.78, 5) is 4.87. The lowest BCUT2D eigenvalue weighted by atomic mass is 10.0. The van der Waals surface area contributed by atoms with Gasteiger partial charge in [-0.2, -0.15) is 0 Å². The Bertz CT molecular complexity index is 1170. The van der Waals surface area contributed by atoms with Crippen molar-refractivity contribution >= 4 is 27.7 Å². The fourth-order valence-electron chi connectivity index (χ4n) is 3.54. The maximum Gasteiger partial charge on any atom is 0.272 e. The molecule has 4 aromatic rings. The highest BCUT2D eigenvalue weighted by molar-refractivity contribution is 6.13.